The van der Waals surface area contributed by atoms with Crippen molar-refractivity contribution in [2.45, 2.75) is 79.1 Å². The second-order valence-corrected chi connectivity index (χ2v) is 10.9. The summed E-state index contributed by atoms with van der Waals surface area (Å²) in [7, 11) is -0.879. The van der Waals surface area contributed by atoms with E-state index < -0.39 is 7.26 Å². The van der Waals surface area contributed by atoms with Crippen LogP contribution in [0.1, 0.15) is 79.1 Å². The van der Waals surface area contributed by atoms with E-state index in [1.807, 2.05) is 0 Å². The molecule has 1 atom stereocenters. The predicted molar refractivity (Wildman–Crippen MR) is 109 cm³/mol. The molecule has 0 bridgehead atoms. The van der Waals surface area contributed by atoms with Crippen molar-refractivity contribution in [3.05, 3.63) is 0 Å². The Labute approximate surface area is 138 Å². The molecule has 0 spiro atoms. The molecule has 0 saturated heterocycles. The van der Waals surface area contributed by atoms with E-state index in [0.29, 0.717) is 0 Å². The van der Waals surface area contributed by atoms with Crippen LogP contribution in [0.5, 0.6) is 0 Å². The fraction of sp³-hybridized carbons (Fsp3) is 1.00. The normalized spacial score (nSPS) is 11.6. The Morgan fingerprint density at radius 3 is 0.895 bits per heavy atom. The van der Waals surface area contributed by atoms with Crippen LogP contribution >= 0.6 is 34.1 Å². The smallest absolute Gasteiger partial charge is 0.153 e. The van der Waals surface area contributed by atoms with E-state index in [2.05, 4.69) is 27.7 Å². The van der Waals surface area contributed by atoms with Gasteiger partial charge in [0.2, 0.25) is 0 Å². The molecule has 0 fully saturated rings. The van der Waals surface area contributed by atoms with E-state index in [4.69, 9.17) is 0 Å². The zero-order valence-electron chi connectivity index (χ0n) is 14.1. The fourth-order valence-corrected chi connectivity index (χ4v) is 8.87. The van der Waals surface area contributed by atoms with E-state index in [9.17, 15) is 0 Å². The molecule has 122 valence electrons. The summed E-state index contributed by atoms with van der Waals surface area (Å²) in [6.45, 7) is 9.44. The van der Waals surface area contributed by atoms with E-state index >= 15 is 0 Å². The van der Waals surface area contributed by atoms with Gasteiger partial charge < -0.3 is 0 Å². The molecule has 0 aliphatic carbocycles. The standard InChI is InChI=1S/C16H37P.BrH.H3P/c1-5-9-13-17(14-10-6-2,15-11-7-3)16-12-8-4;;/h17H,5-16H2,1-4H3;1H;1H3. The second kappa shape index (κ2) is 17.4. The first-order valence-electron chi connectivity index (χ1n) is 8.24. The molecule has 0 N–H and O–H groups in total. The third-order valence-corrected chi connectivity index (χ3v) is 9.90. The maximum Gasteiger partial charge on any atom is -0.153 e. The van der Waals surface area contributed by atoms with Crippen molar-refractivity contribution in [2.75, 3.05) is 24.6 Å². The van der Waals surface area contributed by atoms with Crippen molar-refractivity contribution in [2.24, 2.45) is 0 Å². The van der Waals surface area contributed by atoms with Crippen LogP contribution in [0.15, 0.2) is 0 Å². The molecular weight excluding hydrogens is 334 g/mol. The second-order valence-electron chi connectivity index (χ2n) is 5.91. The molecule has 0 aromatic rings. The van der Waals surface area contributed by atoms with Gasteiger partial charge in [0.1, 0.15) is 0 Å². The first kappa shape index (κ1) is 25.3. The van der Waals surface area contributed by atoms with Crippen LogP contribution in [0, 0.1) is 0 Å². The molecule has 19 heavy (non-hydrogen) atoms. The van der Waals surface area contributed by atoms with Crippen LogP contribution in [0.3, 0.4) is 0 Å². The number of rotatable bonds is 12. The maximum atomic E-state index is 2.36. The summed E-state index contributed by atoms with van der Waals surface area (Å²) in [5, 5.41) is 0. The average molecular weight is 375 g/mol. The SMILES string of the molecule is Br.CCCC[PH](CCCC)(CCCC)CCCC.P. The third kappa shape index (κ3) is 12.8. The zero-order valence-corrected chi connectivity index (χ0v) is 18.2. The molecule has 1 unspecified atom stereocenters. The molecule has 0 aliphatic rings. The summed E-state index contributed by atoms with van der Waals surface area (Å²) in [5.74, 6) is 0. The number of unbranched alkanes of at least 4 members (excludes halogenated alkanes) is 4. The maximum absolute atomic E-state index is 2.36. The van der Waals surface area contributed by atoms with Crippen LogP contribution < -0.4 is 0 Å². The minimum absolute atomic E-state index is 0. The molecule has 0 heterocycles. The van der Waals surface area contributed by atoms with E-state index in [1.165, 1.54) is 51.4 Å². The Morgan fingerprint density at radius 2 is 0.737 bits per heavy atom. The summed E-state index contributed by atoms with van der Waals surface area (Å²) in [4.78, 5) is 0. The van der Waals surface area contributed by atoms with E-state index in [1.54, 1.807) is 24.6 Å². The topological polar surface area (TPSA) is 0 Å². The number of hydrogen-bond donors (Lipinski definition) is 0. The summed E-state index contributed by atoms with van der Waals surface area (Å²) in [6.07, 6.45) is 18.1. The van der Waals surface area contributed by atoms with Crippen molar-refractivity contribution in [1.29, 1.82) is 0 Å². The largest absolute Gasteiger partial charge is 0.153 e. The third-order valence-electron chi connectivity index (χ3n) is 4.24. The fourth-order valence-electron chi connectivity index (χ4n) is 2.96. The average Bonchev–Trinajstić information content (AvgIpc) is 2.37. The zero-order chi connectivity index (χ0) is 13.0. The summed E-state index contributed by atoms with van der Waals surface area (Å²) >= 11 is 0. The Bertz CT molecular complexity index is 125. The predicted octanol–water partition coefficient (Wildman–Crippen LogP) is 6.57. The molecule has 0 amide bonds. The minimum Gasteiger partial charge on any atom is -0.153 e. The van der Waals surface area contributed by atoms with Gasteiger partial charge in [0.05, 0.1) is 0 Å². The van der Waals surface area contributed by atoms with Gasteiger partial charge in [0.15, 0.2) is 0 Å². The number of halogens is 1. The van der Waals surface area contributed by atoms with Crippen molar-refractivity contribution in [1.82, 2.24) is 0 Å². The van der Waals surface area contributed by atoms with Gasteiger partial charge in [-0.15, -0.1) is 17.0 Å². The van der Waals surface area contributed by atoms with Crippen LogP contribution in [0.4, 0.5) is 0 Å². The van der Waals surface area contributed by atoms with Gasteiger partial charge in [-0.05, 0) is 0 Å². The van der Waals surface area contributed by atoms with Crippen molar-refractivity contribution in [3.63, 3.8) is 0 Å². The van der Waals surface area contributed by atoms with Crippen molar-refractivity contribution >= 4 is 34.1 Å². The van der Waals surface area contributed by atoms with Gasteiger partial charge in [0, 0.05) is 0 Å². The summed E-state index contributed by atoms with van der Waals surface area (Å²) < 4.78 is 0. The molecule has 0 aromatic heterocycles. The Hall–Kier alpha value is 1.34. The van der Waals surface area contributed by atoms with E-state index in [-0.39, 0.29) is 26.9 Å². The molecule has 0 nitrogen and oxygen atoms in total. The van der Waals surface area contributed by atoms with Gasteiger partial charge in [0.25, 0.3) is 0 Å². The molecule has 0 aromatic carbocycles. The Balaban J connectivity index is -0.00000128. The molecule has 0 saturated carbocycles. The van der Waals surface area contributed by atoms with Gasteiger partial charge in [-0.25, -0.2) is 0 Å². The van der Waals surface area contributed by atoms with Gasteiger partial charge in [-0.3, -0.25) is 0 Å². The Morgan fingerprint density at radius 1 is 0.526 bits per heavy atom. The molecule has 0 aliphatic heterocycles. The van der Waals surface area contributed by atoms with Gasteiger partial charge in [-0.1, -0.05) is 0 Å². The van der Waals surface area contributed by atoms with Crippen LogP contribution in [0.2, 0.25) is 0 Å². The minimum atomic E-state index is -0.879. The molecule has 0 rings (SSSR count). The van der Waals surface area contributed by atoms with Crippen molar-refractivity contribution in [3.8, 4) is 0 Å². The molecular formula is C16H41BrP2. The molecule has 0 radical (unpaired) electrons. The van der Waals surface area contributed by atoms with Crippen LogP contribution in [-0.4, -0.2) is 24.6 Å². The summed E-state index contributed by atoms with van der Waals surface area (Å²) in [6, 6.07) is 0. The number of hydrogen-bond acceptors (Lipinski definition) is 0. The van der Waals surface area contributed by atoms with Crippen LogP contribution in [-0.2, 0) is 0 Å². The molecule has 3 heteroatoms. The van der Waals surface area contributed by atoms with E-state index in [0.717, 1.165) is 0 Å². The van der Waals surface area contributed by atoms with Crippen molar-refractivity contribution < 1.29 is 0 Å². The first-order chi connectivity index (χ1) is 8.24. The Kier molecular flexibility index (Phi) is 23.2. The van der Waals surface area contributed by atoms with Gasteiger partial charge in [-0.2, -0.15) is 9.90 Å². The monoisotopic (exact) mass is 374 g/mol. The van der Waals surface area contributed by atoms with Gasteiger partial charge >= 0.3 is 111 Å². The summed E-state index contributed by atoms with van der Waals surface area (Å²) in [5.41, 5.74) is 0. The first-order valence-corrected chi connectivity index (χ1v) is 11.1. The quantitative estimate of drug-likeness (QED) is 0.338. The van der Waals surface area contributed by atoms with Crippen LogP contribution in [0.25, 0.3) is 0 Å².